The number of methoxy groups -OCH3 is 1. The van der Waals surface area contributed by atoms with Gasteiger partial charge >= 0.3 is 11.9 Å². The van der Waals surface area contributed by atoms with Gasteiger partial charge in [0, 0.05) is 7.11 Å². The van der Waals surface area contributed by atoms with Gasteiger partial charge in [-0.25, -0.2) is 4.79 Å². The zero-order valence-corrected chi connectivity index (χ0v) is 8.22. The molecule has 0 rings (SSSR count). The number of alkyl halides is 2. The van der Waals surface area contributed by atoms with Crippen LogP contribution in [-0.4, -0.2) is 43.3 Å². The molecule has 0 aromatic carbocycles. The number of halogens is 2. The standard InChI is InChI=1S/C8H15F2NO3/c1-6(14-2)3-4-11-5-8(9,10)7(12)13/h6,11H,3-5H2,1-2H3,(H,12,13). The van der Waals surface area contributed by atoms with Crippen LogP contribution >= 0.6 is 0 Å². The van der Waals surface area contributed by atoms with Crippen LogP contribution in [0.5, 0.6) is 0 Å². The fraction of sp³-hybridized carbons (Fsp3) is 0.875. The van der Waals surface area contributed by atoms with E-state index >= 15 is 0 Å². The maximum atomic E-state index is 12.5. The Hall–Kier alpha value is -0.750. The number of hydrogen-bond donors (Lipinski definition) is 2. The van der Waals surface area contributed by atoms with Gasteiger partial charge in [-0.15, -0.1) is 0 Å². The van der Waals surface area contributed by atoms with E-state index < -0.39 is 18.4 Å². The lowest BCUT2D eigenvalue weighted by atomic mass is 10.2. The van der Waals surface area contributed by atoms with E-state index in [1.807, 2.05) is 0 Å². The first-order chi connectivity index (χ1) is 6.40. The summed E-state index contributed by atoms with van der Waals surface area (Å²) in [6.07, 6.45) is 0.535. The van der Waals surface area contributed by atoms with Crippen molar-refractivity contribution in [2.75, 3.05) is 20.2 Å². The van der Waals surface area contributed by atoms with Crippen molar-refractivity contribution < 1.29 is 23.4 Å². The lowest BCUT2D eigenvalue weighted by Crippen LogP contribution is -2.40. The van der Waals surface area contributed by atoms with Crippen molar-refractivity contribution in [3.63, 3.8) is 0 Å². The van der Waals surface area contributed by atoms with Gasteiger partial charge in [-0.2, -0.15) is 8.78 Å². The van der Waals surface area contributed by atoms with Crippen molar-refractivity contribution in [1.82, 2.24) is 5.32 Å². The molecule has 0 saturated heterocycles. The summed E-state index contributed by atoms with van der Waals surface area (Å²) in [6.45, 7) is 1.26. The number of carbonyl (C=O) groups is 1. The summed E-state index contributed by atoms with van der Waals surface area (Å²) in [7, 11) is 1.52. The molecule has 0 aromatic rings. The molecule has 0 fully saturated rings. The quantitative estimate of drug-likeness (QED) is 0.609. The highest BCUT2D eigenvalue weighted by atomic mass is 19.3. The van der Waals surface area contributed by atoms with Crippen LogP contribution in [0.15, 0.2) is 0 Å². The maximum absolute atomic E-state index is 12.5. The molecule has 1 atom stereocenters. The lowest BCUT2D eigenvalue weighted by molar-refractivity contribution is -0.164. The molecule has 0 spiro atoms. The zero-order valence-electron chi connectivity index (χ0n) is 8.22. The first kappa shape index (κ1) is 13.2. The minimum absolute atomic E-state index is 0.0269. The van der Waals surface area contributed by atoms with E-state index in [-0.39, 0.29) is 6.10 Å². The van der Waals surface area contributed by atoms with Crippen molar-refractivity contribution in [2.45, 2.75) is 25.4 Å². The molecule has 0 aliphatic heterocycles. The smallest absolute Gasteiger partial charge is 0.375 e. The highest BCUT2D eigenvalue weighted by molar-refractivity contribution is 5.75. The Morgan fingerprint density at radius 3 is 2.64 bits per heavy atom. The zero-order chi connectivity index (χ0) is 11.2. The molecule has 2 N–H and O–H groups in total. The van der Waals surface area contributed by atoms with E-state index in [2.05, 4.69) is 5.32 Å². The molecule has 0 heterocycles. The highest BCUT2D eigenvalue weighted by Crippen LogP contribution is 2.11. The summed E-state index contributed by atoms with van der Waals surface area (Å²) in [4.78, 5) is 9.99. The van der Waals surface area contributed by atoms with E-state index in [1.165, 1.54) is 7.11 Å². The van der Waals surface area contributed by atoms with Crippen LogP contribution in [0.3, 0.4) is 0 Å². The average Bonchev–Trinajstić information content (AvgIpc) is 2.11. The number of hydrogen-bond acceptors (Lipinski definition) is 3. The second-order valence-electron chi connectivity index (χ2n) is 3.02. The Morgan fingerprint density at radius 2 is 2.21 bits per heavy atom. The molecule has 0 radical (unpaired) electrons. The van der Waals surface area contributed by atoms with Crippen LogP contribution in [0, 0.1) is 0 Å². The molecule has 6 heteroatoms. The Bertz CT molecular complexity index is 187. The second-order valence-corrected chi connectivity index (χ2v) is 3.02. The molecule has 14 heavy (non-hydrogen) atoms. The molecule has 0 aromatic heterocycles. The molecule has 84 valence electrons. The van der Waals surface area contributed by atoms with Crippen molar-refractivity contribution >= 4 is 5.97 Å². The molecule has 0 aliphatic carbocycles. The largest absolute Gasteiger partial charge is 0.477 e. The fourth-order valence-electron chi connectivity index (χ4n) is 0.744. The molecule has 0 aliphatic rings. The van der Waals surface area contributed by atoms with Gasteiger partial charge in [0.05, 0.1) is 12.6 Å². The molecule has 1 unspecified atom stereocenters. The minimum Gasteiger partial charge on any atom is -0.477 e. The molecule has 0 amide bonds. The molecular weight excluding hydrogens is 196 g/mol. The van der Waals surface area contributed by atoms with E-state index in [0.29, 0.717) is 13.0 Å². The van der Waals surface area contributed by atoms with E-state index in [1.54, 1.807) is 6.92 Å². The highest BCUT2D eigenvalue weighted by Gasteiger charge is 2.37. The Morgan fingerprint density at radius 1 is 1.64 bits per heavy atom. The van der Waals surface area contributed by atoms with Gasteiger partial charge in [-0.1, -0.05) is 0 Å². The lowest BCUT2D eigenvalue weighted by Gasteiger charge is -2.13. The van der Waals surface area contributed by atoms with Gasteiger partial charge in [-0.05, 0) is 19.9 Å². The van der Waals surface area contributed by atoms with Crippen LogP contribution in [0.25, 0.3) is 0 Å². The number of ether oxygens (including phenoxy) is 1. The average molecular weight is 211 g/mol. The maximum Gasteiger partial charge on any atom is 0.375 e. The van der Waals surface area contributed by atoms with Crippen LogP contribution < -0.4 is 5.32 Å². The predicted octanol–water partition coefficient (Wildman–Crippen LogP) is 0.721. The van der Waals surface area contributed by atoms with Crippen LogP contribution in [0.2, 0.25) is 0 Å². The SMILES string of the molecule is COC(C)CCNCC(F)(F)C(=O)O. The third-order valence-electron chi connectivity index (χ3n) is 1.79. The van der Waals surface area contributed by atoms with E-state index in [4.69, 9.17) is 9.84 Å². The van der Waals surface area contributed by atoms with Gasteiger partial charge in [0.2, 0.25) is 0 Å². The second kappa shape index (κ2) is 5.87. The molecule has 4 nitrogen and oxygen atoms in total. The van der Waals surface area contributed by atoms with Crippen LogP contribution in [0.1, 0.15) is 13.3 Å². The Balaban J connectivity index is 3.59. The van der Waals surface area contributed by atoms with Crippen molar-refractivity contribution in [2.24, 2.45) is 0 Å². The Kier molecular flexibility index (Phi) is 5.56. The summed E-state index contributed by atoms with van der Waals surface area (Å²) < 4.78 is 29.8. The predicted molar refractivity (Wildman–Crippen MR) is 46.5 cm³/mol. The summed E-state index contributed by atoms with van der Waals surface area (Å²) in [5.74, 6) is -5.80. The first-order valence-electron chi connectivity index (χ1n) is 4.25. The number of carboxylic acids is 1. The Labute approximate surface area is 81.2 Å². The third kappa shape index (κ3) is 5.08. The topological polar surface area (TPSA) is 58.6 Å². The molecule has 0 saturated carbocycles. The third-order valence-corrected chi connectivity index (χ3v) is 1.79. The summed E-state index contributed by atoms with van der Waals surface area (Å²) in [5.41, 5.74) is 0. The van der Waals surface area contributed by atoms with Gasteiger partial charge in [-0.3, -0.25) is 0 Å². The van der Waals surface area contributed by atoms with Gasteiger partial charge < -0.3 is 15.2 Å². The summed E-state index contributed by atoms with van der Waals surface area (Å²) in [5, 5.41) is 10.4. The van der Waals surface area contributed by atoms with E-state index in [0.717, 1.165) is 0 Å². The minimum atomic E-state index is -3.70. The van der Waals surface area contributed by atoms with Gasteiger partial charge in [0.1, 0.15) is 0 Å². The van der Waals surface area contributed by atoms with Gasteiger partial charge in [0.25, 0.3) is 0 Å². The molecular formula is C8H15F2NO3. The van der Waals surface area contributed by atoms with Crippen molar-refractivity contribution in [1.29, 1.82) is 0 Å². The first-order valence-corrected chi connectivity index (χ1v) is 4.25. The van der Waals surface area contributed by atoms with Crippen molar-refractivity contribution in [3.8, 4) is 0 Å². The number of rotatable bonds is 7. The monoisotopic (exact) mass is 211 g/mol. The van der Waals surface area contributed by atoms with Crippen LogP contribution in [0.4, 0.5) is 8.78 Å². The molecule has 0 bridgehead atoms. The summed E-state index contributed by atoms with van der Waals surface area (Å²) >= 11 is 0. The van der Waals surface area contributed by atoms with Crippen LogP contribution in [-0.2, 0) is 9.53 Å². The van der Waals surface area contributed by atoms with Crippen molar-refractivity contribution in [3.05, 3.63) is 0 Å². The number of nitrogens with one attached hydrogen (secondary N) is 1. The van der Waals surface area contributed by atoms with E-state index in [9.17, 15) is 13.6 Å². The number of carboxylic acid groups (broad SMARTS) is 1. The normalized spacial score (nSPS) is 14.0. The number of aliphatic carboxylic acids is 1. The van der Waals surface area contributed by atoms with Gasteiger partial charge in [0.15, 0.2) is 0 Å². The fourth-order valence-corrected chi connectivity index (χ4v) is 0.744. The summed E-state index contributed by atoms with van der Waals surface area (Å²) in [6, 6.07) is 0.